The lowest BCUT2D eigenvalue weighted by Crippen LogP contribution is -2.12. The quantitative estimate of drug-likeness (QED) is 0.570. The molecular formula is C16H13N5O2S. The van der Waals surface area contributed by atoms with Gasteiger partial charge < -0.3 is 0 Å². The van der Waals surface area contributed by atoms with E-state index in [2.05, 4.69) is 15.1 Å². The molecule has 0 atom stereocenters. The predicted molar refractivity (Wildman–Crippen MR) is 88.8 cm³/mol. The number of fused-ring (bicyclic) bond motifs is 1. The summed E-state index contributed by atoms with van der Waals surface area (Å²) in [6.45, 7) is 0. The van der Waals surface area contributed by atoms with Gasteiger partial charge in [0.1, 0.15) is 5.52 Å². The zero-order chi connectivity index (χ0) is 16.7. The van der Waals surface area contributed by atoms with Gasteiger partial charge in [0.05, 0.1) is 23.0 Å². The summed E-state index contributed by atoms with van der Waals surface area (Å²) >= 11 is 0. The second-order valence-corrected chi connectivity index (χ2v) is 7.11. The summed E-state index contributed by atoms with van der Waals surface area (Å²) in [5, 5.41) is 4.10. The van der Waals surface area contributed by atoms with Crippen LogP contribution < -0.4 is 0 Å². The molecule has 0 aliphatic rings. The molecule has 0 N–H and O–H groups in total. The lowest BCUT2D eigenvalue weighted by Gasteiger charge is -2.07. The second-order valence-electron chi connectivity index (χ2n) is 5.30. The minimum absolute atomic E-state index is 0.205. The number of rotatable bonds is 3. The smallest absolute Gasteiger partial charge is 0.269 e. The van der Waals surface area contributed by atoms with Crippen LogP contribution in [0.25, 0.3) is 22.4 Å². The molecule has 0 aliphatic carbocycles. The summed E-state index contributed by atoms with van der Waals surface area (Å²) in [5.74, 6) is 0. The fraction of sp³-hybridized carbons (Fsp3) is 0.0625. The van der Waals surface area contributed by atoms with Crippen molar-refractivity contribution < 1.29 is 8.42 Å². The molecule has 0 fully saturated rings. The van der Waals surface area contributed by atoms with Crippen molar-refractivity contribution in [2.45, 2.75) is 4.90 Å². The molecule has 4 aromatic rings. The number of hydrogen-bond acceptors (Lipinski definition) is 5. The number of aryl methyl sites for hydroxylation is 1. The lowest BCUT2D eigenvalue weighted by molar-refractivity contribution is 0.589. The molecule has 0 bridgehead atoms. The summed E-state index contributed by atoms with van der Waals surface area (Å²) < 4.78 is 28.5. The van der Waals surface area contributed by atoms with E-state index in [0.717, 1.165) is 9.54 Å². The first-order valence-electron chi connectivity index (χ1n) is 7.19. The Balaban J connectivity index is 1.91. The van der Waals surface area contributed by atoms with Crippen molar-refractivity contribution in [3.8, 4) is 11.3 Å². The van der Waals surface area contributed by atoms with Crippen LogP contribution in [-0.2, 0) is 17.1 Å². The van der Waals surface area contributed by atoms with Crippen LogP contribution in [0.2, 0.25) is 0 Å². The number of benzene rings is 1. The second kappa shape index (κ2) is 5.27. The van der Waals surface area contributed by atoms with E-state index in [4.69, 9.17) is 0 Å². The van der Waals surface area contributed by atoms with E-state index in [9.17, 15) is 8.42 Å². The van der Waals surface area contributed by atoms with Crippen molar-refractivity contribution in [2.24, 2.45) is 7.05 Å². The molecule has 0 radical (unpaired) electrons. The fourth-order valence-electron chi connectivity index (χ4n) is 2.47. The maximum atomic E-state index is 12.8. The molecular weight excluding hydrogens is 326 g/mol. The molecule has 0 unspecified atom stereocenters. The Morgan fingerprint density at radius 3 is 2.54 bits per heavy atom. The van der Waals surface area contributed by atoms with Crippen LogP contribution >= 0.6 is 0 Å². The van der Waals surface area contributed by atoms with Gasteiger partial charge in [-0.05, 0) is 18.2 Å². The summed E-state index contributed by atoms with van der Waals surface area (Å²) in [5.41, 5.74) is 2.15. The Labute approximate surface area is 138 Å². The largest absolute Gasteiger partial charge is 0.275 e. The molecule has 120 valence electrons. The molecule has 0 amide bonds. The van der Waals surface area contributed by atoms with Gasteiger partial charge in [-0.1, -0.05) is 18.2 Å². The van der Waals surface area contributed by atoms with E-state index in [1.54, 1.807) is 66.7 Å². The van der Waals surface area contributed by atoms with Crippen molar-refractivity contribution in [2.75, 3.05) is 0 Å². The third-order valence-corrected chi connectivity index (χ3v) is 5.34. The SMILES string of the molecule is Cn1cc(-c2cnc3ccn(S(=O)(=O)c4ccccc4)c3n2)cn1. The number of aromatic nitrogens is 5. The molecule has 3 heterocycles. The van der Waals surface area contributed by atoms with Crippen molar-refractivity contribution in [1.29, 1.82) is 0 Å². The van der Waals surface area contributed by atoms with Gasteiger partial charge in [0, 0.05) is 25.0 Å². The van der Waals surface area contributed by atoms with Crippen LogP contribution in [-0.4, -0.2) is 32.1 Å². The Hall–Kier alpha value is -3.00. The van der Waals surface area contributed by atoms with E-state index in [1.807, 2.05) is 0 Å². The first-order valence-corrected chi connectivity index (χ1v) is 8.63. The highest BCUT2D eigenvalue weighted by atomic mass is 32.2. The number of nitrogens with zero attached hydrogens (tertiary/aromatic N) is 5. The van der Waals surface area contributed by atoms with Gasteiger partial charge in [-0.25, -0.2) is 17.4 Å². The van der Waals surface area contributed by atoms with Crippen LogP contribution in [0.3, 0.4) is 0 Å². The highest BCUT2D eigenvalue weighted by molar-refractivity contribution is 7.90. The van der Waals surface area contributed by atoms with Gasteiger partial charge >= 0.3 is 0 Å². The monoisotopic (exact) mass is 339 g/mol. The molecule has 24 heavy (non-hydrogen) atoms. The molecule has 3 aromatic heterocycles. The fourth-order valence-corrected chi connectivity index (χ4v) is 3.78. The third-order valence-electron chi connectivity index (χ3n) is 3.66. The molecule has 0 spiro atoms. The Bertz CT molecular complexity index is 1130. The van der Waals surface area contributed by atoms with E-state index >= 15 is 0 Å². The van der Waals surface area contributed by atoms with Gasteiger partial charge in [0.25, 0.3) is 10.0 Å². The van der Waals surface area contributed by atoms with Crippen molar-refractivity contribution in [3.05, 3.63) is 61.2 Å². The number of hydrogen-bond donors (Lipinski definition) is 0. The highest BCUT2D eigenvalue weighted by Crippen LogP contribution is 2.22. The van der Waals surface area contributed by atoms with Gasteiger partial charge in [0.15, 0.2) is 5.65 Å². The van der Waals surface area contributed by atoms with Gasteiger partial charge in [0.2, 0.25) is 0 Å². The average molecular weight is 339 g/mol. The molecule has 7 nitrogen and oxygen atoms in total. The first-order chi connectivity index (χ1) is 11.6. The van der Waals surface area contributed by atoms with E-state index in [-0.39, 0.29) is 4.90 Å². The zero-order valence-electron chi connectivity index (χ0n) is 12.7. The maximum Gasteiger partial charge on any atom is 0.269 e. The van der Waals surface area contributed by atoms with Crippen molar-refractivity contribution in [1.82, 2.24) is 23.7 Å². The minimum Gasteiger partial charge on any atom is -0.275 e. The van der Waals surface area contributed by atoms with Gasteiger partial charge in [-0.2, -0.15) is 5.10 Å². The van der Waals surface area contributed by atoms with E-state index in [0.29, 0.717) is 16.9 Å². The van der Waals surface area contributed by atoms with Crippen LogP contribution in [0, 0.1) is 0 Å². The summed E-state index contributed by atoms with van der Waals surface area (Å²) in [6.07, 6.45) is 6.54. The summed E-state index contributed by atoms with van der Waals surface area (Å²) in [6, 6.07) is 9.89. The highest BCUT2D eigenvalue weighted by Gasteiger charge is 2.20. The topological polar surface area (TPSA) is 82.7 Å². The van der Waals surface area contributed by atoms with Crippen LogP contribution in [0.1, 0.15) is 0 Å². The van der Waals surface area contributed by atoms with E-state index in [1.165, 1.54) is 6.20 Å². The lowest BCUT2D eigenvalue weighted by atomic mass is 10.3. The summed E-state index contributed by atoms with van der Waals surface area (Å²) in [7, 11) is -1.92. The Morgan fingerprint density at radius 1 is 1.04 bits per heavy atom. The Morgan fingerprint density at radius 2 is 1.83 bits per heavy atom. The first kappa shape index (κ1) is 14.6. The minimum atomic E-state index is -3.72. The molecule has 0 saturated heterocycles. The molecule has 4 rings (SSSR count). The maximum absolute atomic E-state index is 12.8. The van der Waals surface area contributed by atoms with Crippen LogP contribution in [0.5, 0.6) is 0 Å². The predicted octanol–water partition coefficient (Wildman–Crippen LogP) is 2.07. The molecule has 0 saturated carbocycles. The van der Waals surface area contributed by atoms with Gasteiger partial charge in [-0.15, -0.1) is 0 Å². The van der Waals surface area contributed by atoms with Crippen molar-refractivity contribution >= 4 is 21.2 Å². The molecule has 1 aromatic carbocycles. The zero-order valence-corrected chi connectivity index (χ0v) is 13.6. The van der Waals surface area contributed by atoms with E-state index < -0.39 is 10.0 Å². The average Bonchev–Trinajstić information content (AvgIpc) is 3.21. The van der Waals surface area contributed by atoms with Crippen LogP contribution in [0.4, 0.5) is 0 Å². The molecule has 8 heteroatoms. The third kappa shape index (κ3) is 2.28. The Kier molecular flexibility index (Phi) is 3.20. The van der Waals surface area contributed by atoms with Gasteiger partial charge in [-0.3, -0.25) is 9.67 Å². The summed E-state index contributed by atoms with van der Waals surface area (Å²) in [4.78, 5) is 8.99. The van der Waals surface area contributed by atoms with Crippen LogP contribution in [0.15, 0.2) is 66.1 Å². The normalized spacial score (nSPS) is 11.9. The van der Waals surface area contributed by atoms with Crippen molar-refractivity contribution in [3.63, 3.8) is 0 Å². The standard InChI is InChI=1S/C16H13N5O2S/c1-20-11-12(9-18-20)15-10-17-14-7-8-21(16(14)19-15)24(22,23)13-5-3-2-4-6-13/h2-11H,1H3. The molecule has 0 aliphatic heterocycles.